The Labute approximate surface area is 115 Å². The second-order valence-electron chi connectivity index (χ2n) is 3.28. The van der Waals surface area contributed by atoms with Gasteiger partial charge in [0.15, 0.2) is 0 Å². The van der Waals surface area contributed by atoms with Gasteiger partial charge in [0.2, 0.25) is 5.95 Å². The average molecular weight is 331 g/mol. The van der Waals surface area contributed by atoms with Gasteiger partial charge in [-0.25, -0.2) is 14.4 Å². The van der Waals surface area contributed by atoms with E-state index in [1.807, 2.05) is 0 Å². The van der Waals surface area contributed by atoms with Gasteiger partial charge in [0.05, 0.1) is 5.56 Å². The third-order valence-corrected chi connectivity index (χ3v) is 2.72. The molecule has 0 aliphatic carbocycles. The lowest BCUT2D eigenvalue weighted by Crippen LogP contribution is -2.15. The van der Waals surface area contributed by atoms with E-state index in [1.54, 1.807) is 0 Å². The molecule has 0 aliphatic heterocycles. The first-order chi connectivity index (χ1) is 8.56. The van der Waals surface area contributed by atoms with Crippen molar-refractivity contribution in [3.05, 3.63) is 51.5 Å². The van der Waals surface area contributed by atoms with Gasteiger partial charge in [-0.05, 0) is 24.3 Å². The fraction of sp³-hybridized carbons (Fsp3) is 0. The highest BCUT2D eigenvalue weighted by Crippen LogP contribution is 2.16. The lowest BCUT2D eigenvalue weighted by atomic mass is 10.2. The Morgan fingerprint density at radius 1 is 1.39 bits per heavy atom. The van der Waals surface area contributed by atoms with Gasteiger partial charge in [0.25, 0.3) is 5.91 Å². The van der Waals surface area contributed by atoms with Gasteiger partial charge in [-0.3, -0.25) is 10.1 Å². The Hall–Kier alpha value is -1.53. The van der Waals surface area contributed by atoms with E-state index in [9.17, 15) is 9.18 Å². The van der Waals surface area contributed by atoms with Crippen molar-refractivity contribution in [2.24, 2.45) is 0 Å². The van der Waals surface area contributed by atoms with Gasteiger partial charge in [-0.1, -0.05) is 27.5 Å². The minimum absolute atomic E-state index is 0.0203. The second-order valence-corrected chi connectivity index (χ2v) is 4.58. The molecule has 2 rings (SSSR count). The maximum atomic E-state index is 13.5. The molecule has 1 amide bonds. The van der Waals surface area contributed by atoms with Crippen LogP contribution in [0.15, 0.2) is 34.9 Å². The molecule has 1 heterocycles. The predicted molar refractivity (Wildman–Crippen MR) is 69.1 cm³/mol. The monoisotopic (exact) mass is 329 g/mol. The third kappa shape index (κ3) is 3.02. The predicted octanol–water partition coefficient (Wildman–Crippen LogP) is 3.28. The van der Waals surface area contributed by atoms with Crippen LogP contribution >= 0.6 is 27.5 Å². The summed E-state index contributed by atoms with van der Waals surface area (Å²) < 4.78 is 14.1. The van der Waals surface area contributed by atoms with Crippen LogP contribution in [-0.2, 0) is 0 Å². The molecule has 1 aromatic carbocycles. The van der Waals surface area contributed by atoms with Crippen molar-refractivity contribution in [1.29, 1.82) is 0 Å². The van der Waals surface area contributed by atoms with Crippen LogP contribution in [0.2, 0.25) is 5.15 Å². The molecule has 1 N–H and O–H groups in total. The summed E-state index contributed by atoms with van der Waals surface area (Å²) >= 11 is 8.81. The summed E-state index contributed by atoms with van der Waals surface area (Å²) in [5, 5.41) is 2.55. The van der Waals surface area contributed by atoms with Gasteiger partial charge in [0.1, 0.15) is 11.0 Å². The molecule has 0 bridgehead atoms. The van der Waals surface area contributed by atoms with Gasteiger partial charge >= 0.3 is 0 Å². The number of halogens is 3. The van der Waals surface area contributed by atoms with E-state index in [0.29, 0.717) is 4.47 Å². The van der Waals surface area contributed by atoms with E-state index in [1.165, 1.54) is 30.5 Å². The standard InChI is InChI=1S/C11H6BrClFN3O/c12-6-1-2-8(14)7(5-6)10(18)17-11-15-4-3-9(13)16-11/h1-5H,(H,15,16,17,18). The van der Waals surface area contributed by atoms with Crippen molar-refractivity contribution in [2.75, 3.05) is 5.32 Å². The molecule has 2 aromatic rings. The molecule has 18 heavy (non-hydrogen) atoms. The van der Waals surface area contributed by atoms with Crippen molar-refractivity contribution in [2.45, 2.75) is 0 Å². The number of nitrogens with zero attached hydrogens (tertiary/aromatic N) is 2. The first-order valence-electron chi connectivity index (χ1n) is 4.81. The average Bonchev–Trinajstić information content (AvgIpc) is 2.32. The van der Waals surface area contributed by atoms with Crippen LogP contribution in [0.4, 0.5) is 10.3 Å². The van der Waals surface area contributed by atoms with E-state index in [4.69, 9.17) is 11.6 Å². The molecule has 0 radical (unpaired) electrons. The van der Waals surface area contributed by atoms with E-state index in [0.717, 1.165) is 0 Å². The summed E-state index contributed by atoms with van der Waals surface area (Å²) in [6, 6.07) is 5.53. The fourth-order valence-corrected chi connectivity index (χ4v) is 1.73. The lowest BCUT2D eigenvalue weighted by molar-refractivity contribution is 0.102. The molecular weight excluding hydrogens is 324 g/mol. The van der Waals surface area contributed by atoms with Gasteiger partial charge in [-0.15, -0.1) is 0 Å². The zero-order chi connectivity index (χ0) is 13.1. The largest absolute Gasteiger partial charge is 0.290 e. The van der Waals surface area contributed by atoms with Crippen LogP contribution in [0.5, 0.6) is 0 Å². The normalized spacial score (nSPS) is 10.2. The van der Waals surface area contributed by atoms with Crippen molar-refractivity contribution >= 4 is 39.4 Å². The van der Waals surface area contributed by atoms with Crippen LogP contribution < -0.4 is 5.32 Å². The van der Waals surface area contributed by atoms with Crippen LogP contribution in [0, 0.1) is 5.82 Å². The minimum Gasteiger partial charge on any atom is -0.290 e. The van der Waals surface area contributed by atoms with Gasteiger partial charge in [0, 0.05) is 10.7 Å². The lowest BCUT2D eigenvalue weighted by Gasteiger charge is -2.05. The van der Waals surface area contributed by atoms with Crippen molar-refractivity contribution in [3.63, 3.8) is 0 Å². The maximum Gasteiger partial charge on any atom is 0.261 e. The molecule has 0 unspecified atom stereocenters. The zero-order valence-corrected chi connectivity index (χ0v) is 11.2. The number of hydrogen-bond donors (Lipinski definition) is 1. The number of anilines is 1. The summed E-state index contributed by atoms with van der Waals surface area (Å²) in [4.78, 5) is 19.4. The van der Waals surface area contributed by atoms with E-state index < -0.39 is 11.7 Å². The molecule has 0 saturated heterocycles. The van der Waals surface area contributed by atoms with Gasteiger partial charge in [-0.2, -0.15) is 0 Å². The maximum absolute atomic E-state index is 13.5. The summed E-state index contributed by atoms with van der Waals surface area (Å²) in [7, 11) is 0. The Morgan fingerprint density at radius 2 is 2.17 bits per heavy atom. The first kappa shape index (κ1) is 12.9. The molecule has 92 valence electrons. The summed E-state index contributed by atoms with van der Waals surface area (Å²) in [6.07, 6.45) is 1.39. The van der Waals surface area contributed by atoms with Crippen LogP contribution in [0.3, 0.4) is 0 Å². The highest BCUT2D eigenvalue weighted by Gasteiger charge is 2.13. The molecule has 0 spiro atoms. The Bertz CT molecular complexity index is 609. The highest BCUT2D eigenvalue weighted by molar-refractivity contribution is 9.10. The van der Waals surface area contributed by atoms with Crippen LogP contribution in [0.1, 0.15) is 10.4 Å². The molecule has 7 heteroatoms. The van der Waals surface area contributed by atoms with E-state index in [2.05, 4.69) is 31.2 Å². The number of carbonyl (C=O) groups excluding carboxylic acids is 1. The molecule has 0 atom stereocenters. The second kappa shape index (κ2) is 5.41. The number of carbonyl (C=O) groups is 1. The zero-order valence-electron chi connectivity index (χ0n) is 8.82. The molecule has 0 aliphatic rings. The number of hydrogen-bond acceptors (Lipinski definition) is 3. The molecule has 0 fully saturated rings. The topological polar surface area (TPSA) is 54.9 Å². The van der Waals surface area contributed by atoms with Crippen molar-refractivity contribution < 1.29 is 9.18 Å². The number of aromatic nitrogens is 2. The summed E-state index contributed by atoms with van der Waals surface area (Å²) in [5.41, 5.74) is -0.104. The Kier molecular flexibility index (Phi) is 3.88. The Morgan fingerprint density at radius 3 is 2.89 bits per heavy atom. The number of rotatable bonds is 2. The van der Waals surface area contributed by atoms with Crippen molar-refractivity contribution in [3.8, 4) is 0 Å². The minimum atomic E-state index is -0.643. The number of nitrogens with one attached hydrogen (secondary N) is 1. The van der Waals surface area contributed by atoms with Crippen molar-refractivity contribution in [1.82, 2.24) is 9.97 Å². The quantitative estimate of drug-likeness (QED) is 0.860. The number of amides is 1. The van der Waals surface area contributed by atoms with Crippen LogP contribution in [0.25, 0.3) is 0 Å². The first-order valence-corrected chi connectivity index (χ1v) is 5.98. The van der Waals surface area contributed by atoms with Crippen LogP contribution in [-0.4, -0.2) is 15.9 Å². The smallest absolute Gasteiger partial charge is 0.261 e. The Balaban J connectivity index is 2.24. The highest BCUT2D eigenvalue weighted by atomic mass is 79.9. The summed E-state index contributed by atoms with van der Waals surface area (Å²) in [5.74, 6) is -1.25. The molecular formula is C11H6BrClFN3O. The SMILES string of the molecule is O=C(Nc1nccc(Cl)n1)c1cc(Br)ccc1F. The fourth-order valence-electron chi connectivity index (χ4n) is 1.24. The van der Waals surface area contributed by atoms with E-state index >= 15 is 0 Å². The molecule has 0 saturated carbocycles. The third-order valence-electron chi connectivity index (χ3n) is 2.02. The summed E-state index contributed by atoms with van der Waals surface area (Å²) in [6.45, 7) is 0. The van der Waals surface area contributed by atoms with E-state index in [-0.39, 0.29) is 16.7 Å². The van der Waals surface area contributed by atoms with Gasteiger partial charge < -0.3 is 0 Å². The molecule has 4 nitrogen and oxygen atoms in total. The molecule has 1 aromatic heterocycles. The number of benzene rings is 1.